The normalized spacial score (nSPS) is 14.5. The lowest BCUT2D eigenvalue weighted by Crippen LogP contribution is -2.50. The molecule has 4 nitrogen and oxygen atoms in total. The number of rotatable bonds is 2. The van der Waals surface area contributed by atoms with Gasteiger partial charge in [0.15, 0.2) is 0 Å². The molecule has 0 N–H and O–H groups in total. The molecule has 1 saturated heterocycles. The summed E-state index contributed by atoms with van der Waals surface area (Å²) in [5.41, 5.74) is 1.77. The highest BCUT2D eigenvalue weighted by Crippen LogP contribution is 2.24. The Morgan fingerprint density at radius 2 is 1.42 bits per heavy atom. The third-order valence-corrected chi connectivity index (χ3v) is 5.49. The van der Waals surface area contributed by atoms with Crippen molar-refractivity contribution in [3.8, 4) is 0 Å². The van der Waals surface area contributed by atoms with Crippen LogP contribution in [0.1, 0.15) is 26.3 Å². The lowest BCUT2D eigenvalue weighted by molar-refractivity contribution is 0.0535. The molecule has 0 aromatic heterocycles. The van der Waals surface area contributed by atoms with Crippen molar-refractivity contribution in [1.29, 1.82) is 0 Å². The summed E-state index contributed by atoms with van der Waals surface area (Å²) in [6.07, 6.45) is 0. The number of hydrogen-bond acceptors (Lipinski definition) is 2. The predicted octanol–water partition coefficient (Wildman–Crippen LogP) is 4.55. The van der Waals surface area contributed by atoms with E-state index in [4.69, 9.17) is 34.8 Å². The summed E-state index contributed by atoms with van der Waals surface area (Å²) in [6, 6.07) is 10.2. The second-order valence-corrected chi connectivity index (χ2v) is 7.37. The van der Waals surface area contributed by atoms with Crippen LogP contribution in [0.25, 0.3) is 0 Å². The van der Waals surface area contributed by atoms with E-state index >= 15 is 0 Å². The van der Waals surface area contributed by atoms with Gasteiger partial charge in [-0.2, -0.15) is 0 Å². The maximum atomic E-state index is 12.7. The van der Waals surface area contributed by atoms with Gasteiger partial charge in [-0.1, -0.05) is 46.9 Å². The number of benzene rings is 2. The van der Waals surface area contributed by atoms with Crippen molar-refractivity contribution < 1.29 is 9.59 Å². The molecule has 1 aliphatic heterocycles. The van der Waals surface area contributed by atoms with Crippen LogP contribution in [0.2, 0.25) is 15.1 Å². The fourth-order valence-electron chi connectivity index (χ4n) is 2.93. The Balaban J connectivity index is 1.68. The van der Waals surface area contributed by atoms with Crippen molar-refractivity contribution >= 4 is 46.6 Å². The Kier molecular flexibility index (Phi) is 5.76. The van der Waals surface area contributed by atoms with Crippen LogP contribution in [0.4, 0.5) is 0 Å². The topological polar surface area (TPSA) is 40.6 Å². The maximum absolute atomic E-state index is 12.7. The first-order valence-corrected chi connectivity index (χ1v) is 9.30. The summed E-state index contributed by atoms with van der Waals surface area (Å²) in [6.45, 7) is 3.63. The van der Waals surface area contributed by atoms with E-state index in [1.54, 1.807) is 34.1 Å². The monoisotopic (exact) mass is 410 g/mol. The van der Waals surface area contributed by atoms with E-state index in [2.05, 4.69) is 0 Å². The second kappa shape index (κ2) is 7.87. The molecule has 2 aromatic carbocycles. The minimum absolute atomic E-state index is 0.115. The summed E-state index contributed by atoms with van der Waals surface area (Å²) in [5.74, 6) is -0.275. The maximum Gasteiger partial charge on any atom is 0.255 e. The molecule has 2 amide bonds. The van der Waals surface area contributed by atoms with Crippen LogP contribution >= 0.6 is 34.8 Å². The first-order chi connectivity index (χ1) is 12.4. The summed E-state index contributed by atoms with van der Waals surface area (Å²) >= 11 is 18.3. The van der Waals surface area contributed by atoms with Gasteiger partial charge in [0.25, 0.3) is 11.8 Å². The third-order valence-electron chi connectivity index (χ3n) is 4.44. The molecule has 26 heavy (non-hydrogen) atoms. The molecule has 0 bridgehead atoms. The zero-order chi connectivity index (χ0) is 18.8. The fourth-order valence-corrected chi connectivity index (χ4v) is 3.62. The third kappa shape index (κ3) is 3.83. The summed E-state index contributed by atoms with van der Waals surface area (Å²) in [5, 5.41) is 1.29. The lowest BCUT2D eigenvalue weighted by atomic mass is 10.1. The SMILES string of the molecule is Cc1cccc(C(=O)N2CCN(C(=O)c3ccc(Cl)cc3Cl)CC2)c1Cl. The zero-order valence-corrected chi connectivity index (χ0v) is 16.4. The first-order valence-electron chi connectivity index (χ1n) is 8.17. The molecule has 0 aliphatic carbocycles. The van der Waals surface area contributed by atoms with E-state index < -0.39 is 0 Å². The van der Waals surface area contributed by atoms with E-state index in [9.17, 15) is 9.59 Å². The molecule has 136 valence electrons. The zero-order valence-electron chi connectivity index (χ0n) is 14.1. The predicted molar refractivity (Wildman–Crippen MR) is 104 cm³/mol. The highest BCUT2D eigenvalue weighted by Gasteiger charge is 2.27. The van der Waals surface area contributed by atoms with Gasteiger partial charge in [0.1, 0.15) is 0 Å². The molecular formula is C19H17Cl3N2O2. The smallest absolute Gasteiger partial charge is 0.255 e. The Morgan fingerprint density at radius 1 is 0.846 bits per heavy atom. The molecule has 0 spiro atoms. The van der Waals surface area contributed by atoms with Crippen LogP contribution in [-0.4, -0.2) is 47.8 Å². The number of halogens is 3. The highest BCUT2D eigenvalue weighted by molar-refractivity contribution is 6.36. The molecule has 0 saturated carbocycles. The molecule has 2 aromatic rings. The average Bonchev–Trinajstić information content (AvgIpc) is 2.63. The van der Waals surface area contributed by atoms with Crippen LogP contribution in [0, 0.1) is 6.92 Å². The molecule has 1 aliphatic rings. The Labute approximate surface area is 167 Å². The van der Waals surface area contributed by atoms with Gasteiger partial charge in [-0.15, -0.1) is 0 Å². The van der Waals surface area contributed by atoms with Crippen LogP contribution < -0.4 is 0 Å². The quantitative estimate of drug-likeness (QED) is 0.727. The number of nitrogens with zero attached hydrogens (tertiary/aromatic N) is 2. The van der Waals surface area contributed by atoms with Gasteiger partial charge in [0.2, 0.25) is 0 Å². The number of piperazine rings is 1. The Bertz CT molecular complexity index is 862. The number of hydrogen-bond donors (Lipinski definition) is 0. The number of amides is 2. The largest absolute Gasteiger partial charge is 0.335 e. The van der Waals surface area contributed by atoms with Crippen LogP contribution in [0.3, 0.4) is 0 Å². The van der Waals surface area contributed by atoms with Crippen molar-refractivity contribution in [2.24, 2.45) is 0 Å². The van der Waals surface area contributed by atoms with Gasteiger partial charge < -0.3 is 9.80 Å². The summed E-state index contributed by atoms with van der Waals surface area (Å²) in [7, 11) is 0. The lowest BCUT2D eigenvalue weighted by Gasteiger charge is -2.35. The van der Waals surface area contributed by atoms with Gasteiger partial charge in [-0.25, -0.2) is 0 Å². The van der Waals surface area contributed by atoms with E-state index in [1.165, 1.54) is 0 Å². The molecule has 0 unspecified atom stereocenters. The minimum atomic E-state index is -0.160. The number of carbonyl (C=O) groups excluding carboxylic acids is 2. The van der Waals surface area contributed by atoms with Gasteiger partial charge in [0.05, 0.1) is 21.2 Å². The minimum Gasteiger partial charge on any atom is -0.335 e. The molecule has 0 atom stereocenters. The number of carbonyl (C=O) groups is 2. The van der Waals surface area contributed by atoms with Crippen molar-refractivity contribution in [3.05, 3.63) is 68.2 Å². The van der Waals surface area contributed by atoms with Crippen LogP contribution in [-0.2, 0) is 0 Å². The average molecular weight is 412 g/mol. The van der Waals surface area contributed by atoms with Crippen molar-refractivity contribution in [2.45, 2.75) is 6.92 Å². The van der Waals surface area contributed by atoms with E-state index in [0.717, 1.165) is 5.56 Å². The molecule has 1 heterocycles. The van der Waals surface area contributed by atoms with E-state index in [1.807, 2.05) is 19.1 Å². The van der Waals surface area contributed by atoms with Crippen LogP contribution in [0.15, 0.2) is 36.4 Å². The van der Waals surface area contributed by atoms with Gasteiger partial charge in [-0.05, 0) is 36.8 Å². The van der Waals surface area contributed by atoms with Gasteiger partial charge in [-0.3, -0.25) is 9.59 Å². The standard InChI is InChI=1S/C19H17Cl3N2O2/c1-12-3-2-4-15(17(12)22)19(26)24-9-7-23(8-10-24)18(25)14-6-5-13(20)11-16(14)21/h2-6,11H,7-10H2,1H3. The highest BCUT2D eigenvalue weighted by atomic mass is 35.5. The Hall–Kier alpha value is -1.75. The Morgan fingerprint density at radius 3 is 2.00 bits per heavy atom. The van der Waals surface area contributed by atoms with Crippen molar-refractivity contribution in [2.75, 3.05) is 26.2 Å². The summed E-state index contributed by atoms with van der Waals surface area (Å²) < 4.78 is 0. The molecular weight excluding hydrogens is 395 g/mol. The van der Waals surface area contributed by atoms with E-state index in [0.29, 0.717) is 52.4 Å². The number of aryl methyl sites for hydroxylation is 1. The van der Waals surface area contributed by atoms with Gasteiger partial charge >= 0.3 is 0 Å². The second-order valence-electron chi connectivity index (χ2n) is 6.15. The van der Waals surface area contributed by atoms with Crippen molar-refractivity contribution in [3.63, 3.8) is 0 Å². The molecule has 1 fully saturated rings. The first kappa shape index (κ1) is 19.0. The molecule has 7 heteroatoms. The molecule has 3 rings (SSSR count). The van der Waals surface area contributed by atoms with Gasteiger partial charge in [0, 0.05) is 31.2 Å². The van der Waals surface area contributed by atoms with Crippen molar-refractivity contribution in [1.82, 2.24) is 9.80 Å². The summed E-state index contributed by atoms with van der Waals surface area (Å²) in [4.78, 5) is 28.8. The fraction of sp³-hybridized carbons (Fsp3) is 0.263. The van der Waals surface area contributed by atoms with Crippen LogP contribution in [0.5, 0.6) is 0 Å². The van der Waals surface area contributed by atoms with E-state index in [-0.39, 0.29) is 11.8 Å². The molecule has 0 radical (unpaired) electrons.